The van der Waals surface area contributed by atoms with E-state index in [1.165, 1.54) is 38.5 Å². The first-order valence-corrected chi connectivity index (χ1v) is 9.00. The highest BCUT2D eigenvalue weighted by atomic mass is 16.3. The van der Waals surface area contributed by atoms with Crippen LogP contribution in [0.15, 0.2) is 29.5 Å². The van der Waals surface area contributed by atoms with E-state index in [1.54, 1.807) is 5.57 Å². The van der Waals surface area contributed by atoms with Crippen molar-refractivity contribution in [2.24, 2.45) is 33.3 Å². The molecule has 0 heterocycles. The van der Waals surface area contributed by atoms with E-state index in [0.717, 1.165) is 12.3 Å². The Kier molecular flexibility index (Phi) is 3.86. The number of allylic oxidation sites excluding steroid dienone is 3. The minimum atomic E-state index is 0.111. The molecule has 3 aliphatic rings. The predicted octanol–water partition coefficient (Wildman–Crippen LogP) is 5.89. The van der Waals surface area contributed by atoms with Crippen LogP contribution in [-0.4, -0.2) is 6.54 Å². The zero-order chi connectivity index (χ0) is 16.0. The van der Waals surface area contributed by atoms with Crippen molar-refractivity contribution in [2.75, 3.05) is 6.54 Å². The second-order valence-electron chi connectivity index (χ2n) is 8.96. The lowest BCUT2D eigenvalue weighted by Crippen LogP contribution is -2.51. The van der Waals surface area contributed by atoms with Crippen LogP contribution in [0, 0.1) is 33.0 Å². The van der Waals surface area contributed by atoms with Gasteiger partial charge in [-0.2, -0.15) is 4.91 Å². The minimum absolute atomic E-state index is 0.111. The summed E-state index contributed by atoms with van der Waals surface area (Å²) in [5.74, 6) is 1.35. The van der Waals surface area contributed by atoms with E-state index in [4.69, 9.17) is 0 Å². The van der Waals surface area contributed by atoms with Gasteiger partial charge in [-0.05, 0) is 66.6 Å². The second-order valence-corrected chi connectivity index (χ2v) is 8.96. The summed E-state index contributed by atoms with van der Waals surface area (Å²) in [7, 11) is 0. The predicted molar refractivity (Wildman–Crippen MR) is 92.6 cm³/mol. The van der Waals surface area contributed by atoms with Crippen LogP contribution in [0.4, 0.5) is 0 Å². The lowest BCUT2D eigenvalue weighted by Gasteiger charge is -2.59. The molecule has 2 saturated carbocycles. The molecule has 2 fully saturated rings. The SMILES string of the molecule is C=C[C@@]1(C)CC=C2C(CCC3[C@](C)(CN=O)CCC[C@@]23C)C1. The molecule has 0 spiro atoms. The van der Waals surface area contributed by atoms with Crippen molar-refractivity contribution in [3.63, 3.8) is 0 Å². The standard InChI is InChI=1S/C20H31NO/c1-5-18(2)12-9-16-15(13-18)7-8-17-19(3,14-21-22)10-6-11-20(16,17)4/h5,9,15,17H,1,6-8,10-14H2,2-4H3/t15?,17?,18-,19-,20-/m0/s1. The first kappa shape index (κ1) is 16.0. The zero-order valence-electron chi connectivity index (χ0n) is 14.5. The quantitative estimate of drug-likeness (QED) is 0.472. The first-order chi connectivity index (χ1) is 10.4. The second kappa shape index (κ2) is 5.32. The highest BCUT2D eigenvalue weighted by Crippen LogP contribution is 2.63. The molecule has 122 valence electrons. The summed E-state index contributed by atoms with van der Waals surface area (Å²) in [5, 5.41) is 3.31. The Morgan fingerprint density at radius 2 is 2.09 bits per heavy atom. The summed E-state index contributed by atoms with van der Waals surface area (Å²) in [6.07, 6.45) is 13.3. The fraction of sp³-hybridized carbons (Fsp3) is 0.800. The molecule has 0 N–H and O–H groups in total. The van der Waals surface area contributed by atoms with Gasteiger partial charge in [0, 0.05) is 0 Å². The Hall–Kier alpha value is -0.920. The number of rotatable bonds is 3. The van der Waals surface area contributed by atoms with E-state index in [9.17, 15) is 4.91 Å². The molecule has 0 amide bonds. The fourth-order valence-electron chi connectivity index (χ4n) is 6.08. The molecule has 2 nitrogen and oxygen atoms in total. The third kappa shape index (κ3) is 2.30. The van der Waals surface area contributed by atoms with Crippen LogP contribution >= 0.6 is 0 Å². The molecule has 0 aromatic rings. The van der Waals surface area contributed by atoms with Crippen LogP contribution in [-0.2, 0) is 0 Å². The van der Waals surface area contributed by atoms with Crippen molar-refractivity contribution in [1.82, 2.24) is 0 Å². The maximum Gasteiger partial charge on any atom is 0.0867 e. The number of fused-ring (bicyclic) bond motifs is 3. The van der Waals surface area contributed by atoms with E-state index >= 15 is 0 Å². The van der Waals surface area contributed by atoms with Gasteiger partial charge in [-0.1, -0.05) is 50.1 Å². The molecule has 0 aliphatic heterocycles. The van der Waals surface area contributed by atoms with Crippen molar-refractivity contribution in [2.45, 2.75) is 65.7 Å². The molecule has 5 atom stereocenters. The summed E-state index contributed by atoms with van der Waals surface area (Å²) >= 11 is 0. The largest absolute Gasteiger partial charge is 0.151 e. The van der Waals surface area contributed by atoms with Gasteiger partial charge in [-0.3, -0.25) is 0 Å². The van der Waals surface area contributed by atoms with E-state index in [0.29, 0.717) is 17.9 Å². The third-order valence-corrected chi connectivity index (χ3v) is 7.38. The molecule has 0 radical (unpaired) electrons. The highest BCUT2D eigenvalue weighted by molar-refractivity contribution is 5.28. The van der Waals surface area contributed by atoms with E-state index in [2.05, 4.69) is 44.7 Å². The Bertz CT molecular complexity index is 510. The Labute approximate surface area is 135 Å². The van der Waals surface area contributed by atoms with Crippen molar-refractivity contribution < 1.29 is 0 Å². The first-order valence-electron chi connectivity index (χ1n) is 9.00. The molecule has 2 heteroatoms. The number of hydrogen-bond donors (Lipinski definition) is 0. The van der Waals surface area contributed by atoms with Crippen LogP contribution in [0.2, 0.25) is 0 Å². The van der Waals surface area contributed by atoms with E-state index in [1.807, 2.05) is 0 Å². The fourth-order valence-corrected chi connectivity index (χ4v) is 6.08. The average Bonchev–Trinajstić information content (AvgIpc) is 2.47. The molecule has 22 heavy (non-hydrogen) atoms. The molecule has 3 rings (SSSR count). The maximum atomic E-state index is 11.0. The molecule has 0 aromatic carbocycles. The van der Waals surface area contributed by atoms with Gasteiger partial charge in [-0.25, -0.2) is 0 Å². The zero-order valence-corrected chi connectivity index (χ0v) is 14.5. The molecule has 2 unspecified atom stereocenters. The summed E-state index contributed by atoms with van der Waals surface area (Å²) in [6.45, 7) is 11.7. The van der Waals surface area contributed by atoms with Crippen LogP contribution in [0.3, 0.4) is 0 Å². The van der Waals surface area contributed by atoms with Crippen molar-refractivity contribution in [3.05, 3.63) is 29.2 Å². The monoisotopic (exact) mass is 301 g/mol. The molecule has 0 aromatic heterocycles. The highest BCUT2D eigenvalue weighted by Gasteiger charge is 2.54. The molecule has 3 aliphatic carbocycles. The lowest BCUT2D eigenvalue weighted by molar-refractivity contribution is -0.0208. The van der Waals surface area contributed by atoms with Crippen LogP contribution in [0.25, 0.3) is 0 Å². The number of nitroso groups, excluding NO2 is 1. The maximum absolute atomic E-state index is 11.0. The van der Waals surface area contributed by atoms with Crippen molar-refractivity contribution >= 4 is 0 Å². The summed E-state index contributed by atoms with van der Waals surface area (Å²) in [5.41, 5.74) is 2.39. The van der Waals surface area contributed by atoms with Gasteiger partial charge in [0.1, 0.15) is 0 Å². The van der Waals surface area contributed by atoms with Gasteiger partial charge >= 0.3 is 0 Å². The van der Waals surface area contributed by atoms with Gasteiger partial charge in [0.05, 0.1) is 6.54 Å². The normalized spacial score (nSPS) is 47.9. The Balaban J connectivity index is 1.95. The smallest absolute Gasteiger partial charge is 0.0867 e. The van der Waals surface area contributed by atoms with Gasteiger partial charge in [0.25, 0.3) is 0 Å². The summed E-state index contributed by atoms with van der Waals surface area (Å²) in [4.78, 5) is 11.0. The molecular formula is C20H31NO. The van der Waals surface area contributed by atoms with E-state index < -0.39 is 0 Å². The average molecular weight is 301 g/mol. The third-order valence-electron chi connectivity index (χ3n) is 7.38. The van der Waals surface area contributed by atoms with Crippen molar-refractivity contribution in [1.29, 1.82) is 0 Å². The Morgan fingerprint density at radius 3 is 2.77 bits per heavy atom. The lowest BCUT2D eigenvalue weighted by atomic mass is 9.46. The minimum Gasteiger partial charge on any atom is -0.151 e. The Morgan fingerprint density at radius 1 is 1.32 bits per heavy atom. The van der Waals surface area contributed by atoms with Gasteiger partial charge in [-0.15, -0.1) is 6.58 Å². The number of hydrogen-bond acceptors (Lipinski definition) is 2. The summed E-state index contributed by atoms with van der Waals surface area (Å²) in [6, 6.07) is 0. The number of nitrogens with zero attached hydrogens (tertiary/aromatic N) is 1. The molecule has 0 saturated heterocycles. The van der Waals surface area contributed by atoms with E-state index in [-0.39, 0.29) is 10.8 Å². The molecule has 0 bridgehead atoms. The molecular weight excluding hydrogens is 270 g/mol. The summed E-state index contributed by atoms with van der Waals surface area (Å²) < 4.78 is 0. The van der Waals surface area contributed by atoms with Crippen molar-refractivity contribution in [3.8, 4) is 0 Å². The van der Waals surface area contributed by atoms with Gasteiger partial charge < -0.3 is 0 Å². The van der Waals surface area contributed by atoms with Crippen LogP contribution in [0.1, 0.15) is 65.7 Å². The topological polar surface area (TPSA) is 29.4 Å². The van der Waals surface area contributed by atoms with Crippen LogP contribution < -0.4 is 0 Å². The van der Waals surface area contributed by atoms with Gasteiger partial charge in [0.2, 0.25) is 0 Å². The van der Waals surface area contributed by atoms with Gasteiger partial charge in [0.15, 0.2) is 0 Å². The van der Waals surface area contributed by atoms with Crippen LogP contribution in [0.5, 0.6) is 0 Å².